The van der Waals surface area contributed by atoms with Crippen molar-refractivity contribution >= 4 is 28.5 Å². The quantitative estimate of drug-likeness (QED) is 0.0754. The van der Waals surface area contributed by atoms with Crippen LogP contribution in [-0.2, 0) is 16.0 Å². The van der Waals surface area contributed by atoms with Gasteiger partial charge in [-0.1, -0.05) is 103 Å². The van der Waals surface area contributed by atoms with E-state index in [1.807, 2.05) is 60.4 Å². The van der Waals surface area contributed by atoms with Crippen LogP contribution in [0.15, 0.2) is 108 Å². The summed E-state index contributed by atoms with van der Waals surface area (Å²) in [5.41, 5.74) is 14.5. The van der Waals surface area contributed by atoms with Gasteiger partial charge in [0, 0.05) is 45.1 Å². The molecule has 242 valence electrons. The molecule has 2 atom stereocenters. The summed E-state index contributed by atoms with van der Waals surface area (Å²) in [6.45, 7) is 5.66. The summed E-state index contributed by atoms with van der Waals surface area (Å²) in [5.74, 6) is 0.0568. The number of guanidine groups is 1. The van der Waals surface area contributed by atoms with E-state index in [-0.39, 0.29) is 29.7 Å². The number of carbonyl (C=O) groups excluding carboxylic acids is 2. The summed E-state index contributed by atoms with van der Waals surface area (Å²) in [6, 6.07) is 34.7. The van der Waals surface area contributed by atoms with Gasteiger partial charge in [-0.3, -0.25) is 14.6 Å². The number of nitrogens with two attached hydrogens (primary N) is 2. The van der Waals surface area contributed by atoms with Gasteiger partial charge in [-0.05, 0) is 60.1 Å². The van der Waals surface area contributed by atoms with Crippen LogP contribution in [0.25, 0.3) is 10.8 Å². The first-order valence-corrected chi connectivity index (χ1v) is 16.3. The molecule has 0 saturated heterocycles. The van der Waals surface area contributed by atoms with Crippen LogP contribution in [0.4, 0.5) is 0 Å². The van der Waals surface area contributed by atoms with Crippen molar-refractivity contribution in [2.24, 2.45) is 16.5 Å². The maximum absolute atomic E-state index is 14.3. The fraction of sp³-hybridized carbons (Fsp3) is 0.342. The molecule has 8 nitrogen and oxygen atoms in total. The number of likely N-dealkylation sites (N-methyl/N-ethyl adjacent to an activating group) is 1. The molecule has 0 spiro atoms. The molecular weight excluding hydrogens is 572 g/mol. The van der Waals surface area contributed by atoms with Crippen LogP contribution in [-0.4, -0.2) is 60.9 Å². The summed E-state index contributed by atoms with van der Waals surface area (Å²) in [7, 11) is 0. The highest BCUT2D eigenvalue weighted by atomic mass is 16.2. The molecule has 0 saturated carbocycles. The van der Waals surface area contributed by atoms with Crippen LogP contribution in [0.3, 0.4) is 0 Å². The molecule has 0 bridgehead atoms. The molecule has 46 heavy (non-hydrogen) atoms. The lowest BCUT2D eigenvalue weighted by Gasteiger charge is -2.32. The standard InChI is InChI=1S/C38H48N6O2/c1-3-44(27-35(31-15-6-4-7-16-31)32-17-8-5-9-18-32)37(46)36(20-12-13-23-41-38(39)40)42-26-34(43-28(2)45)25-29-21-22-30-14-10-11-19-33(30)24-29/h4-11,14-19,21-22,24,34-36,42H,3,12-13,20,23,25-27H2,1-2H3,(H,43,45)(H4,39,40,41)/t34-,36-/m0/s1. The Hall–Kier alpha value is -4.69. The van der Waals surface area contributed by atoms with Crippen LogP contribution < -0.4 is 22.1 Å². The van der Waals surface area contributed by atoms with Crippen molar-refractivity contribution < 1.29 is 9.59 Å². The predicted octanol–water partition coefficient (Wildman–Crippen LogP) is 4.97. The Labute approximate surface area is 273 Å². The Kier molecular flexibility index (Phi) is 13.2. The number of nitrogens with zero attached hydrogens (tertiary/aromatic N) is 2. The minimum absolute atomic E-state index is 0.0360. The van der Waals surface area contributed by atoms with Crippen LogP contribution in [0.1, 0.15) is 55.7 Å². The topological polar surface area (TPSA) is 126 Å². The first kappa shape index (κ1) is 34.2. The van der Waals surface area contributed by atoms with E-state index >= 15 is 0 Å². The van der Waals surface area contributed by atoms with Gasteiger partial charge in [0.2, 0.25) is 11.8 Å². The summed E-state index contributed by atoms with van der Waals surface area (Å²) >= 11 is 0. The van der Waals surface area contributed by atoms with Crippen molar-refractivity contribution in [1.29, 1.82) is 0 Å². The zero-order chi connectivity index (χ0) is 32.7. The minimum atomic E-state index is -0.431. The summed E-state index contributed by atoms with van der Waals surface area (Å²) in [5, 5.41) is 9.00. The van der Waals surface area contributed by atoms with Crippen molar-refractivity contribution in [2.45, 2.75) is 57.5 Å². The van der Waals surface area contributed by atoms with Crippen LogP contribution in [0, 0.1) is 0 Å². The number of nitrogens with one attached hydrogen (secondary N) is 2. The molecule has 0 aromatic heterocycles. The predicted molar refractivity (Wildman–Crippen MR) is 189 cm³/mol. The van der Waals surface area contributed by atoms with Crippen molar-refractivity contribution in [3.05, 3.63) is 120 Å². The third-order valence-corrected chi connectivity index (χ3v) is 8.31. The van der Waals surface area contributed by atoms with Gasteiger partial charge in [0.1, 0.15) is 0 Å². The van der Waals surface area contributed by atoms with Crippen molar-refractivity contribution in [3.8, 4) is 0 Å². The smallest absolute Gasteiger partial charge is 0.239 e. The Balaban J connectivity index is 1.52. The monoisotopic (exact) mass is 620 g/mol. The highest BCUT2D eigenvalue weighted by Gasteiger charge is 2.27. The van der Waals surface area contributed by atoms with Gasteiger partial charge in [0.15, 0.2) is 5.96 Å². The van der Waals surface area contributed by atoms with E-state index in [2.05, 4.69) is 70.2 Å². The lowest BCUT2D eigenvalue weighted by Crippen LogP contribution is -2.52. The van der Waals surface area contributed by atoms with E-state index < -0.39 is 6.04 Å². The minimum Gasteiger partial charge on any atom is -0.370 e. The third-order valence-electron chi connectivity index (χ3n) is 8.31. The Morgan fingerprint density at radius 1 is 0.826 bits per heavy atom. The highest BCUT2D eigenvalue weighted by Crippen LogP contribution is 2.26. The fourth-order valence-corrected chi connectivity index (χ4v) is 5.97. The summed E-state index contributed by atoms with van der Waals surface area (Å²) in [6.07, 6.45) is 2.80. The number of hydrogen-bond acceptors (Lipinski definition) is 4. The Morgan fingerprint density at radius 2 is 1.46 bits per heavy atom. The second-order valence-electron chi connectivity index (χ2n) is 11.8. The third kappa shape index (κ3) is 10.4. The molecule has 8 heteroatoms. The number of benzene rings is 4. The SMILES string of the molecule is CCN(CC(c1ccccc1)c1ccccc1)C(=O)[C@H](CCCCN=C(N)N)NC[C@H](Cc1ccc2ccccc2c1)NC(C)=O. The van der Waals surface area contributed by atoms with Gasteiger partial charge in [-0.15, -0.1) is 0 Å². The molecule has 0 aliphatic carbocycles. The molecule has 4 aromatic carbocycles. The van der Waals surface area contributed by atoms with Gasteiger partial charge in [-0.25, -0.2) is 0 Å². The van der Waals surface area contributed by atoms with E-state index in [9.17, 15) is 9.59 Å². The maximum Gasteiger partial charge on any atom is 0.239 e. The number of unbranched alkanes of at least 4 members (excludes halogenated alkanes) is 1. The molecule has 0 unspecified atom stereocenters. The van der Waals surface area contributed by atoms with Crippen LogP contribution in [0.5, 0.6) is 0 Å². The number of hydrogen-bond donors (Lipinski definition) is 4. The average molecular weight is 621 g/mol. The summed E-state index contributed by atoms with van der Waals surface area (Å²) in [4.78, 5) is 32.6. The Bertz CT molecular complexity index is 1520. The molecule has 0 aliphatic rings. The largest absolute Gasteiger partial charge is 0.370 e. The summed E-state index contributed by atoms with van der Waals surface area (Å²) < 4.78 is 0. The Morgan fingerprint density at radius 3 is 2.07 bits per heavy atom. The number of amides is 2. The van der Waals surface area contributed by atoms with Crippen LogP contribution in [0.2, 0.25) is 0 Å². The second-order valence-corrected chi connectivity index (χ2v) is 11.8. The molecular formula is C38H48N6O2. The molecule has 0 heterocycles. The van der Waals surface area contributed by atoms with Gasteiger partial charge in [-0.2, -0.15) is 0 Å². The van der Waals surface area contributed by atoms with Gasteiger partial charge < -0.3 is 27.0 Å². The molecule has 4 rings (SSSR count). The van der Waals surface area contributed by atoms with Crippen molar-refractivity contribution in [1.82, 2.24) is 15.5 Å². The fourth-order valence-electron chi connectivity index (χ4n) is 5.97. The van der Waals surface area contributed by atoms with Gasteiger partial charge in [0.25, 0.3) is 0 Å². The van der Waals surface area contributed by atoms with Gasteiger partial charge in [0.05, 0.1) is 6.04 Å². The zero-order valence-electron chi connectivity index (χ0n) is 27.1. The molecule has 0 radical (unpaired) electrons. The second kappa shape index (κ2) is 17.7. The lowest BCUT2D eigenvalue weighted by molar-refractivity contribution is -0.133. The van der Waals surface area contributed by atoms with E-state index in [1.165, 1.54) is 23.4 Å². The van der Waals surface area contributed by atoms with Crippen molar-refractivity contribution in [2.75, 3.05) is 26.2 Å². The average Bonchev–Trinajstić information content (AvgIpc) is 3.06. The highest BCUT2D eigenvalue weighted by molar-refractivity contribution is 5.83. The first-order valence-electron chi connectivity index (χ1n) is 16.3. The van der Waals surface area contributed by atoms with E-state index in [1.54, 1.807) is 0 Å². The number of rotatable bonds is 17. The molecule has 0 fully saturated rings. The van der Waals surface area contributed by atoms with Crippen LogP contribution >= 0.6 is 0 Å². The van der Waals surface area contributed by atoms with E-state index in [0.29, 0.717) is 39.0 Å². The molecule has 6 N–H and O–H groups in total. The molecule has 0 aliphatic heterocycles. The van der Waals surface area contributed by atoms with E-state index in [4.69, 9.17) is 11.5 Å². The normalized spacial score (nSPS) is 12.4. The number of fused-ring (bicyclic) bond motifs is 1. The lowest BCUT2D eigenvalue weighted by atomic mass is 9.90. The van der Waals surface area contributed by atoms with Gasteiger partial charge >= 0.3 is 0 Å². The number of aliphatic imine (C=N–C) groups is 1. The number of carbonyl (C=O) groups is 2. The zero-order valence-corrected chi connectivity index (χ0v) is 27.1. The van der Waals surface area contributed by atoms with Crippen molar-refractivity contribution in [3.63, 3.8) is 0 Å². The maximum atomic E-state index is 14.3. The van der Waals surface area contributed by atoms with E-state index in [0.717, 1.165) is 23.8 Å². The molecule has 4 aromatic rings. The molecule has 2 amide bonds. The first-order chi connectivity index (χ1) is 22.3.